The van der Waals surface area contributed by atoms with Crippen LogP contribution in [0.3, 0.4) is 0 Å². The Kier molecular flexibility index (Phi) is 4.26. The van der Waals surface area contributed by atoms with Crippen LogP contribution in [0.4, 0.5) is 5.69 Å². The Morgan fingerprint density at radius 1 is 1.08 bits per heavy atom. The molecule has 6 nitrogen and oxygen atoms in total. The van der Waals surface area contributed by atoms with Crippen LogP contribution in [0.15, 0.2) is 57.8 Å². The average Bonchev–Trinajstić information content (AvgIpc) is 2.97. The molecule has 1 heterocycles. The summed E-state index contributed by atoms with van der Waals surface area (Å²) in [6.07, 6.45) is 0. The number of hydrogen-bond acceptors (Lipinski definition) is 5. The fraction of sp³-hybridized carbons (Fsp3) is 0.167. The van der Waals surface area contributed by atoms with Crippen LogP contribution in [0, 0.1) is 6.92 Å². The van der Waals surface area contributed by atoms with Crippen LogP contribution in [-0.2, 0) is 10.0 Å². The molecule has 0 aliphatic carbocycles. The molecule has 1 aromatic heterocycles. The number of carbonyl (C=O) groups excluding carboxylic acids is 1. The number of amides is 1. The Bertz CT molecular complexity index is 1050. The van der Waals surface area contributed by atoms with Crippen molar-refractivity contribution in [2.45, 2.75) is 11.8 Å². The van der Waals surface area contributed by atoms with E-state index >= 15 is 0 Å². The van der Waals surface area contributed by atoms with Gasteiger partial charge in [-0.25, -0.2) is 13.1 Å². The predicted molar refractivity (Wildman–Crippen MR) is 96.4 cm³/mol. The highest BCUT2D eigenvalue weighted by atomic mass is 32.2. The third kappa shape index (κ3) is 3.36. The zero-order valence-electron chi connectivity index (χ0n) is 14.1. The molecule has 25 heavy (non-hydrogen) atoms. The summed E-state index contributed by atoms with van der Waals surface area (Å²) in [5.74, 6) is -0.853. The van der Waals surface area contributed by atoms with Crippen LogP contribution in [0.2, 0.25) is 0 Å². The van der Waals surface area contributed by atoms with Crippen molar-refractivity contribution in [3.63, 3.8) is 0 Å². The molecule has 0 atom stereocenters. The highest BCUT2D eigenvalue weighted by molar-refractivity contribution is 7.90. The van der Waals surface area contributed by atoms with Crippen LogP contribution in [-0.4, -0.2) is 28.4 Å². The van der Waals surface area contributed by atoms with Crippen LogP contribution in [0.5, 0.6) is 0 Å². The number of nitrogens with zero attached hydrogens (tertiary/aromatic N) is 1. The van der Waals surface area contributed by atoms with Gasteiger partial charge in [-0.1, -0.05) is 18.2 Å². The van der Waals surface area contributed by atoms with E-state index in [0.29, 0.717) is 11.1 Å². The van der Waals surface area contributed by atoms with Crippen molar-refractivity contribution in [1.82, 2.24) is 4.72 Å². The molecule has 3 rings (SSSR count). The van der Waals surface area contributed by atoms with Gasteiger partial charge in [-0.3, -0.25) is 4.79 Å². The summed E-state index contributed by atoms with van der Waals surface area (Å²) in [5, 5.41) is 0.726. The minimum Gasteiger partial charge on any atom is -0.451 e. The minimum atomic E-state index is -3.97. The summed E-state index contributed by atoms with van der Waals surface area (Å²) in [4.78, 5) is 14.3. The van der Waals surface area contributed by atoms with E-state index in [4.69, 9.17) is 4.42 Å². The average molecular weight is 358 g/mol. The van der Waals surface area contributed by atoms with E-state index in [1.165, 1.54) is 12.1 Å². The first-order chi connectivity index (χ1) is 11.8. The Labute approximate surface area is 146 Å². The number of carbonyl (C=O) groups is 1. The molecule has 0 aliphatic rings. The summed E-state index contributed by atoms with van der Waals surface area (Å²) < 4.78 is 32.4. The number of fused-ring (bicyclic) bond motifs is 1. The Morgan fingerprint density at radius 2 is 1.80 bits per heavy atom. The molecule has 0 saturated heterocycles. The second kappa shape index (κ2) is 6.25. The zero-order chi connectivity index (χ0) is 18.2. The van der Waals surface area contributed by atoms with Crippen molar-refractivity contribution in [3.05, 3.63) is 59.9 Å². The highest BCUT2D eigenvalue weighted by Crippen LogP contribution is 2.24. The highest BCUT2D eigenvalue weighted by Gasteiger charge is 2.22. The Balaban J connectivity index is 1.91. The van der Waals surface area contributed by atoms with E-state index in [1.807, 2.05) is 31.1 Å². The number of furan rings is 1. The van der Waals surface area contributed by atoms with E-state index in [9.17, 15) is 13.2 Å². The van der Waals surface area contributed by atoms with Gasteiger partial charge in [0.2, 0.25) is 0 Å². The number of benzene rings is 2. The molecule has 3 aromatic rings. The van der Waals surface area contributed by atoms with Crippen LogP contribution < -0.4 is 9.62 Å². The summed E-state index contributed by atoms with van der Waals surface area (Å²) in [6.45, 7) is 1.67. The molecule has 0 saturated carbocycles. The number of rotatable bonds is 4. The third-order valence-corrected chi connectivity index (χ3v) is 5.35. The second-order valence-corrected chi connectivity index (χ2v) is 7.58. The van der Waals surface area contributed by atoms with Crippen LogP contribution in [0.25, 0.3) is 11.0 Å². The van der Waals surface area contributed by atoms with E-state index in [-0.39, 0.29) is 10.7 Å². The molecular weight excluding hydrogens is 340 g/mol. The lowest BCUT2D eigenvalue weighted by atomic mass is 10.2. The van der Waals surface area contributed by atoms with E-state index < -0.39 is 15.9 Å². The maximum Gasteiger partial charge on any atom is 0.300 e. The van der Waals surface area contributed by atoms with Crippen molar-refractivity contribution in [2.24, 2.45) is 0 Å². The lowest BCUT2D eigenvalue weighted by molar-refractivity contribution is 0.0956. The van der Waals surface area contributed by atoms with E-state index in [2.05, 4.69) is 4.72 Å². The van der Waals surface area contributed by atoms with Gasteiger partial charge in [-0.2, -0.15) is 0 Å². The van der Waals surface area contributed by atoms with Gasteiger partial charge in [0.25, 0.3) is 10.0 Å². The van der Waals surface area contributed by atoms with Gasteiger partial charge in [0.15, 0.2) is 5.76 Å². The molecule has 1 N–H and O–H groups in total. The molecule has 0 spiro atoms. The predicted octanol–water partition coefficient (Wildman–Crippen LogP) is 2.93. The smallest absolute Gasteiger partial charge is 0.300 e. The number of anilines is 1. The van der Waals surface area contributed by atoms with Crippen molar-refractivity contribution >= 4 is 32.6 Å². The molecule has 1 amide bonds. The fourth-order valence-corrected chi connectivity index (χ4v) is 3.70. The first-order valence-corrected chi connectivity index (χ1v) is 9.10. The maximum atomic E-state index is 12.4. The minimum absolute atomic E-state index is 0.0527. The Hall–Kier alpha value is -2.80. The monoisotopic (exact) mass is 358 g/mol. The fourth-order valence-electron chi connectivity index (χ4n) is 2.50. The lowest BCUT2D eigenvalue weighted by Gasteiger charge is -2.11. The second-order valence-electron chi connectivity index (χ2n) is 5.93. The molecule has 130 valence electrons. The van der Waals surface area contributed by atoms with Gasteiger partial charge in [0, 0.05) is 31.2 Å². The number of nitrogens with one attached hydrogen (secondary N) is 1. The molecule has 2 aromatic carbocycles. The molecule has 0 radical (unpaired) electrons. The van der Waals surface area contributed by atoms with Gasteiger partial charge in [-0.15, -0.1) is 0 Å². The number of sulfonamides is 1. The molecule has 0 bridgehead atoms. The summed E-state index contributed by atoms with van der Waals surface area (Å²) in [7, 11) is -0.174. The standard InChI is InChI=1S/C18H18N2O4S/c1-12-6-4-5-7-17(12)25(22,23)19-18(21)16-10-13-8-9-14(20(2)3)11-15(13)24-16/h4-11H,1-3H3,(H,19,21). The van der Waals surface area contributed by atoms with Crippen molar-refractivity contribution in [3.8, 4) is 0 Å². The van der Waals surface area contributed by atoms with E-state index in [0.717, 1.165) is 11.1 Å². The van der Waals surface area contributed by atoms with Crippen LogP contribution in [0.1, 0.15) is 16.1 Å². The Morgan fingerprint density at radius 3 is 2.48 bits per heavy atom. The third-order valence-electron chi connectivity index (χ3n) is 3.85. The SMILES string of the molecule is Cc1ccccc1S(=O)(=O)NC(=O)c1cc2ccc(N(C)C)cc2o1. The van der Waals surface area contributed by atoms with Gasteiger partial charge >= 0.3 is 5.91 Å². The van der Waals surface area contributed by atoms with Crippen molar-refractivity contribution < 1.29 is 17.6 Å². The topological polar surface area (TPSA) is 79.6 Å². The molecule has 7 heteroatoms. The van der Waals surface area contributed by atoms with Crippen LogP contribution >= 0.6 is 0 Å². The quantitative estimate of drug-likeness (QED) is 0.776. The first-order valence-electron chi connectivity index (χ1n) is 7.61. The molecule has 0 aliphatic heterocycles. The van der Waals surface area contributed by atoms with Gasteiger partial charge in [0.05, 0.1) is 4.90 Å². The van der Waals surface area contributed by atoms with Crippen molar-refractivity contribution in [2.75, 3.05) is 19.0 Å². The van der Waals surface area contributed by atoms with Gasteiger partial charge < -0.3 is 9.32 Å². The molecular formula is C18H18N2O4S. The summed E-state index contributed by atoms with van der Waals surface area (Å²) in [5.41, 5.74) is 1.99. The lowest BCUT2D eigenvalue weighted by Crippen LogP contribution is -2.30. The van der Waals surface area contributed by atoms with Gasteiger partial charge in [-0.05, 0) is 36.8 Å². The molecule has 0 unspecified atom stereocenters. The number of aryl methyl sites for hydroxylation is 1. The maximum absolute atomic E-state index is 12.4. The van der Waals surface area contributed by atoms with Gasteiger partial charge in [0.1, 0.15) is 5.58 Å². The molecule has 0 fully saturated rings. The summed E-state index contributed by atoms with van der Waals surface area (Å²) >= 11 is 0. The first kappa shape index (κ1) is 17.0. The number of hydrogen-bond donors (Lipinski definition) is 1. The zero-order valence-corrected chi connectivity index (χ0v) is 14.9. The normalized spacial score (nSPS) is 11.5. The van der Waals surface area contributed by atoms with E-state index in [1.54, 1.807) is 31.2 Å². The van der Waals surface area contributed by atoms with Crippen molar-refractivity contribution in [1.29, 1.82) is 0 Å². The summed E-state index contributed by atoms with van der Waals surface area (Å²) in [6, 6.07) is 13.5. The largest absolute Gasteiger partial charge is 0.451 e.